The first-order valence-corrected chi connectivity index (χ1v) is 9.62. The van der Waals surface area contributed by atoms with Crippen LogP contribution in [0.25, 0.3) is 0 Å². The van der Waals surface area contributed by atoms with Crippen LogP contribution in [0.4, 0.5) is 5.69 Å². The molecule has 2 aromatic carbocycles. The smallest absolute Gasteiger partial charge is 0.226 e. The van der Waals surface area contributed by atoms with Crippen LogP contribution >= 0.6 is 11.6 Å². The Morgan fingerprint density at radius 3 is 2.52 bits per heavy atom. The quantitative estimate of drug-likeness (QED) is 0.610. The number of nitrogens with one attached hydrogen (secondary N) is 2. The maximum absolute atomic E-state index is 12.0. The first kappa shape index (κ1) is 19.2. The maximum atomic E-state index is 12.0. The molecule has 0 radical (unpaired) electrons. The van der Waals surface area contributed by atoms with E-state index >= 15 is 0 Å². The van der Waals surface area contributed by atoms with Crippen molar-refractivity contribution in [1.29, 1.82) is 0 Å². The van der Waals surface area contributed by atoms with Gasteiger partial charge in [-0.3, -0.25) is 9.79 Å². The molecule has 0 atom stereocenters. The second kappa shape index (κ2) is 9.42. The third kappa shape index (κ3) is 5.23. The normalized spacial score (nSPS) is 15.0. The summed E-state index contributed by atoms with van der Waals surface area (Å²) in [6.45, 7) is 2.07. The molecule has 6 heteroatoms. The number of piperidine rings is 1. The molecule has 3 rings (SSSR count). The van der Waals surface area contributed by atoms with Gasteiger partial charge >= 0.3 is 0 Å². The molecular formula is C21H25ClN4O. The topological polar surface area (TPSA) is 56.7 Å². The summed E-state index contributed by atoms with van der Waals surface area (Å²) in [5.41, 5.74) is 3.13. The Balaban J connectivity index is 1.52. The van der Waals surface area contributed by atoms with Gasteiger partial charge in [0.15, 0.2) is 5.96 Å². The first-order valence-electron chi connectivity index (χ1n) is 9.24. The van der Waals surface area contributed by atoms with Gasteiger partial charge in [0.1, 0.15) is 0 Å². The van der Waals surface area contributed by atoms with Gasteiger partial charge in [0.05, 0.1) is 0 Å². The Morgan fingerprint density at radius 1 is 1.07 bits per heavy atom. The van der Waals surface area contributed by atoms with Gasteiger partial charge in [-0.25, -0.2) is 0 Å². The van der Waals surface area contributed by atoms with Crippen molar-refractivity contribution in [1.82, 2.24) is 10.6 Å². The Labute approximate surface area is 165 Å². The number of nitrogens with zero attached hydrogens (tertiary/aromatic N) is 2. The summed E-state index contributed by atoms with van der Waals surface area (Å²) in [6, 6.07) is 15.9. The minimum atomic E-state index is 0.219. The minimum Gasteiger partial charge on any atom is -0.352 e. The molecule has 0 aliphatic carbocycles. The molecule has 1 saturated heterocycles. The summed E-state index contributed by atoms with van der Waals surface area (Å²) in [4.78, 5) is 18.2. The molecule has 2 aromatic rings. The van der Waals surface area contributed by atoms with Crippen LogP contribution in [0, 0.1) is 0 Å². The van der Waals surface area contributed by atoms with Crippen molar-refractivity contribution in [3.63, 3.8) is 0 Å². The number of benzene rings is 2. The van der Waals surface area contributed by atoms with E-state index in [4.69, 9.17) is 11.6 Å². The second-order valence-corrected chi connectivity index (χ2v) is 6.95. The molecule has 2 N–H and O–H groups in total. The maximum Gasteiger partial charge on any atom is 0.226 e. The van der Waals surface area contributed by atoms with E-state index < -0.39 is 0 Å². The van der Waals surface area contributed by atoms with E-state index in [2.05, 4.69) is 15.6 Å². The third-order valence-electron chi connectivity index (χ3n) is 4.66. The predicted octanol–water partition coefficient (Wildman–Crippen LogP) is 3.72. The van der Waals surface area contributed by atoms with E-state index in [9.17, 15) is 4.79 Å². The van der Waals surface area contributed by atoms with Crippen molar-refractivity contribution in [2.75, 3.05) is 18.5 Å². The molecular weight excluding hydrogens is 360 g/mol. The highest BCUT2D eigenvalue weighted by Crippen LogP contribution is 2.21. The van der Waals surface area contributed by atoms with Crippen LogP contribution in [0.15, 0.2) is 53.5 Å². The molecule has 1 aliphatic heterocycles. The third-order valence-corrected chi connectivity index (χ3v) is 5.03. The zero-order valence-corrected chi connectivity index (χ0v) is 16.3. The van der Waals surface area contributed by atoms with E-state index in [1.165, 1.54) is 0 Å². The molecule has 0 unspecified atom stereocenters. The van der Waals surface area contributed by atoms with E-state index in [1.54, 1.807) is 7.05 Å². The van der Waals surface area contributed by atoms with Crippen LogP contribution in [0.1, 0.15) is 30.4 Å². The number of carbonyl (C=O) groups excluding carboxylic acids is 1. The summed E-state index contributed by atoms with van der Waals surface area (Å²) in [5, 5.41) is 7.30. The Kier molecular flexibility index (Phi) is 6.71. The molecule has 0 bridgehead atoms. The fraction of sp³-hybridized carbons (Fsp3) is 0.333. The molecule has 1 fully saturated rings. The van der Waals surface area contributed by atoms with Crippen molar-refractivity contribution in [2.45, 2.75) is 32.4 Å². The highest BCUT2D eigenvalue weighted by Gasteiger charge is 2.19. The average molecular weight is 385 g/mol. The van der Waals surface area contributed by atoms with Gasteiger partial charge < -0.3 is 15.5 Å². The predicted molar refractivity (Wildman–Crippen MR) is 111 cm³/mol. The fourth-order valence-electron chi connectivity index (χ4n) is 3.10. The van der Waals surface area contributed by atoms with Crippen molar-refractivity contribution < 1.29 is 4.79 Å². The lowest BCUT2D eigenvalue weighted by molar-refractivity contribution is -0.119. The van der Waals surface area contributed by atoms with Crippen LogP contribution < -0.4 is 15.5 Å². The van der Waals surface area contributed by atoms with E-state index in [-0.39, 0.29) is 5.91 Å². The van der Waals surface area contributed by atoms with Crippen LogP contribution in [0.3, 0.4) is 0 Å². The van der Waals surface area contributed by atoms with Gasteiger partial charge in [-0.05, 0) is 42.2 Å². The number of guanidine groups is 1. The molecule has 5 nitrogen and oxygen atoms in total. The standard InChI is InChI=1S/C21H25ClN4O/c1-23-21(25-15-17-6-2-3-7-19(17)22)24-14-16-9-11-18(12-10-16)26-13-5-4-8-20(26)27/h2-3,6-7,9-12H,4-5,8,13-15H2,1H3,(H2,23,24,25). The van der Waals surface area contributed by atoms with Gasteiger partial charge in [0.2, 0.25) is 5.91 Å². The Bertz CT molecular complexity index is 804. The highest BCUT2D eigenvalue weighted by molar-refractivity contribution is 6.31. The molecule has 0 spiro atoms. The van der Waals surface area contributed by atoms with Gasteiger partial charge in [0.25, 0.3) is 0 Å². The Morgan fingerprint density at radius 2 is 1.81 bits per heavy atom. The summed E-state index contributed by atoms with van der Waals surface area (Å²) in [5.74, 6) is 0.932. The number of hydrogen-bond donors (Lipinski definition) is 2. The largest absolute Gasteiger partial charge is 0.352 e. The van der Waals surface area contributed by atoms with Crippen LogP contribution in [0.2, 0.25) is 5.02 Å². The SMILES string of the molecule is CN=C(NCc1ccc(N2CCCCC2=O)cc1)NCc1ccccc1Cl. The lowest BCUT2D eigenvalue weighted by Crippen LogP contribution is -2.36. The lowest BCUT2D eigenvalue weighted by Gasteiger charge is -2.26. The molecule has 1 aliphatic rings. The highest BCUT2D eigenvalue weighted by atomic mass is 35.5. The fourth-order valence-corrected chi connectivity index (χ4v) is 3.30. The van der Waals surface area contributed by atoms with Crippen molar-refractivity contribution in [2.24, 2.45) is 4.99 Å². The minimum absolute atomic E-state index is 0.219. The van der Waals surface area contributed by atoms with Crippen molar-refractivity contribution in [3.05, 3.63) is 64.7 Å². The van der Waals surface area contributed by atoms with Gasteiger partial charge in [-0.2, -0.15) is 0 Å². The number of amides is 1. The molecule has 0 aromatic heterocycles. The number of rotatable bonds is 5. The first-order chi connectivity index (χ1) is 13.2. The number of anilines is 1. The van der Waals surface area contributed by atoms with Gasteiger partial charge in [0, 0.05) is 43.8 Å². The van der Waals surface area contributed by atoms with Crippen LogP contribution in [-0.2, 0) is 17.9 Å². The van der Waals surface area contributed by atoms with E-state index in [1.807, 2.05) is 53.4 Å². The lowest BCUT2D eigenvalue weighted by atomic mass is 10.1. The van der Waals surface area contributed by atoms with Gasteiger partial charge in [-0.1, -0.05) is 41.9 Å². The average Bonchev–Trinajstić information content (AvgIpc) is 2.70. The summed E-state index contributed by atoms with van der Waals surface area (Å²) in [7, 11) is 1.74. The molecule has 27 heavy (non-hydrogen) atoms. The molecule has 142 valence electrons. The van der Waals surface area contributed by atoms with Crippen LogP contribution in [0.5, 0.6) is 0 Å². The zero-order chi connectivity index (χ0) is 19.1. The number of hydrogen-bond acceptors (Lipinski definition) is 2. The monoisotopic (exact) mass is 384 g/mol. The molecule has 1 amide bonds. The summed E-state index contributed by atoms with van der Waals surface area (Å²) in [6.07, 6.45) is 2.72. The second-order valence-electron chi connectivity index (χ2n) is 6.54. The summed E-state index contributed by atoms with van der Waals surface area (Å²) >= 11 is 6.18. The molecule has 1 heterocycles. The van der Waals surface area contributed by atoms with Gasteiger partial charge in [-0.15, -0.1) is 0 Å². The Hall–Kier alpha value is -2.53. The number of aliphatic imine (C=N–C) groups is 1. The molecule has 0 saturated carbocycles. The van der Waals surface area contributed by atoms with Crippen molar-refractivity contribution in [3.8, 4) is 0 Å². The zero-order valence-electron chi connectivity index (χ0n) is 15.5. The number of carbonyl (C=O) groups is 1. The summed E-state index contributed by atoms with van der Waals surface area (Å²) < 4.78 is 0. The van der Waals surface area contributed by atoms with Crippen molar-refractivity contribution >= 4 is 29.2 Å². The van der Waals surface area contributed by atoms with E-state index in [0.29, 0.717) is 25.5 Å². The van der Waals surface area contributed by atoms with E-state index in [0.717, 1.165) is 41.2 Å². The number of halogens is 1. The van der Waals surface area contributed by atoms with Crippen LogP contribution in [-0.4, -0.2) is 25.5 Å².